The molecule has 13 nitrogen and oxygen atoms in total. The fraction of sp³-hybridized carbons (Fsp3) is 0.773. The molecule has 0 unspecified atom stereocenters. The Bertz CT molecular complexity index is 3220. The van der Waals surface area contributed by atoms with Gasteiger partial charge in [0.1, 0.15) is 35.8 Å². The number of benzene rings is 1. The summed E-state index contributed by atoms with van der Waals surface area (Å²) < 4.78 is 37.1. The number of nitrogens with zero attached hydrogens (tertiary/aromatic N) is 1. The number of carbonyl (C=O) groups excluding carboxylic acids is 3. The second-order valence-electron chi connectivity index (χ2n) is 33.8. The van der Waals surface area contributed by atoms with Gasteiger partial charge in [0.05, 0.1) is 48.5 Å². The van der Waals surface area contributed by atoms with Crippen LogP contribution in [0.1, 0.15) is 185 Å². The summed E-state index contributed by atoms with van der Waals surface area (Å²) in [7, 11) is 0. The number of ketones is 1. The van der Waals surface area contributed by atoms with Crippen molar-refractivity contribution in [3.05, 3.63) is 83.5 Å². The number of aliphatic hydroxyl groups excluding tert-OH is 3. The molecule has 18 rings (SSSR count). The highest BCUT2D eigenvalue weighted by molar-refractivity contribution is 5.94. The van der Waals surface area contributed by atoms with Gasteiger partial charge in [0.15, 0.2) is 11.9 Å². The third-order valence-corrected chi connectivity index (χ3v) is 30.5. The van der Waals surface area contributed by atoms with Gasteiger partial charge in [-0.3, -0.25) is 14.9 Å². The molecule has 5 saturated heterocycles. The molecular formula is C75H98N2O11. The van der Waals surface area contributed by atoms with E-state index < -0.39 is 86.6 Å². The number of hydrogen-bond donors (Lipinski definition) is 4. The molecule has 8 heterocycles. The number of aliphatic hydroxyl groups is 3. The number of furan rings is 1. The molecule has 9 saturated carbocycles. The second kappa shape index (κ2) is 19.6. The zero-order valence-corrected chi connectivity index (χ0v) is 52.6. The van der Waals surface area contributed by atoms with E-state index >= 15 is 14.4 Å². The van der Waals surface area contributed by atoms with Gasteiger partial charge in [-0.15, -0.1) is 0 Å². The molecule has 0 radical (unpaired) electrons. The predicted octanol–water partition coefficient (Wildman–Crippen LogP) is 11.2. The fourth-order valence-electron chi connectivity index (χ4n) is 27.9. The normalized spacial score (nSPS) is 49.7. The number of Topliss-reactive ketones (excluding diaryl/α,β-unsaturated/α-hetero) is 1. The third kappa shape index (κ3) is 7.09. The van der Waals surface area contributed by atoms with Crippen molar-refractivity contribution in [3.63, 3.8) is 0 Å². The van der Waals surface area contributed by atoms with E-state index in [2.05, 4.69) is 79.7 Å². The van der Waals surface area contributed by atoms with Gasteiger partial charge >= 0.3 is 11.9 Å². The number of ether oxygens (including phenoxy) is 4. The zero-order valence-electron chi connectivity index (χ0n) is 52.6. The lowest BCUT2D eigenvalue weighted by Crippen LogP contribution is -2.82. The topological polar surface area (TPSA) is 181 Å². The zero-order chi connectivity index (χ0) is 59.7. The van der Waals surface area contributed by atoms with Crippen LogP contribution in [-0.2, 0) is 46.2 Å². The van der Waals surface area contributed by atoms with Crippen LogP contribution in [0.3, 0.4) is 0 Å². The number of carbonyl (C=O) groups is 3. The van der Waals surface area contributed by atoms with Crippen molar-refractivity contribution in [1.29, 1.82) is 0 Å². The Morgan fingerprint density at radius 2 is 1.68 bits per heavy atom. The largest absolute Gasteiger partial charge is 0.469 e. The van der Waals surface area contributed by atoms with Gasteiger partial charge in [-0.25, -0.2) is 4.79 Å². The summed E-state index contributed by atoms with van der Waals surface area (Å²) in [5.74, 6) is -0.242. The first kappa shape index (κ1) is 56.9. The maximum Gasteiger partial charge on any atom is 0.339 e. The second-order valence-corrected chi connectivity index (χ2v) is 33.8. The van der Waals surface area contributed by atoms with Crippen molar-refractivity contribution >= 4 is 17.7 Å². The summed E-state index contributed by atoms with van der Waals surface area (Å²) in [6.07, 6.45) is 28.2. The van der Waals surface area contributed by atoms with Gasteiger partial charge in [0.25, 0.3) is 0 Å². The van der Waals surface area contributed by atoms with Crippen LogP contribution in [0.4, 0.5) is 0 Å². The molecule has 0 amide bonds. The fourth-order valence-corrected chi connectivity index (χ4v) is 27.9. The smallest absolute Gasteiger partial charge is 0.339 e. The first-order valence-electron chi connectivity index (χ1n) is 35.8. The molecule has 16 aliphatic rings. The maximum atomic E-state index is 17.5. The van der Waals surface area contributed by atoms with Crippen molar-refractivity contribution in [2.45, 2.75) is 222 Å². The Morgan fingerprint density at radius 3 is 2.50 bits per heavy atom. The lowest BCUT2D eigenvalue weighted by molar-refractivity contribution is -0.300. The number of epoxide rings is 1. The van der Waals surface area contributed by atoms with Crippen molar-refractivity contribution in [1.82, 2.24) is 10.2 Å². The minimum atomic E-state index is -1.50. The average Bonchev–Trinajstić information content (AvgIpc) is 1.40. The van der Waals surface area contributed by atoms with Crippen LogP contribution in [0.2, 0.25) is 0 Å². The molecule has 25 atom stereocenters. The van der Waals surface area contributed by atoms with Crippen LogP contribution < -0.4 is 5.32 Å². The minimum absolute atomic E-state index is 0.0540. The molecule has 1 aromatic heterocycles. The molecular weight excluding hydrogens is 1100 g/mol. The van der Waals surface area contributed by atoms with Crippen molar-refractivity contribution in [2.24, 2.45) is 110 Å². The van der Waals surface area contributed by atoms with Crippen LogP contribution in [0, 0.1) is 110 Å². The number of allylic oxidation sites excluding steroid dienone is 1. The van der Waals surface area contributed by atoms with E-state index in [1.807, 2.05) is 6.07 Å². The van der Waals surface area contributed by atoms with E-state index in [0.29, 0.717) is 48.3 Å². The Balaban J connectivity index is 0.823. The van der Waals surface area contributed by atoms with Crippen LogP contribution in [0.5, 0.6) is 0 Å². The highest BCUT2D eigenvalue weighted by Crippen LogP contribution is 2.91. The first-order valence-corrected chi connectivity index (χ1v) is 35.8. The molecule has 474 valence electrons. The van der Waals surface area contributed by atoms with Gasteiger partial charge in [0, 0.05) is 41.3 Å². The monoisotopic (exact) mass is 1200 g/mol. The molecule has 14 fully saturated rings. The number of esters is 2. The SMILES string of the molecule is C[C@H](C[C@H]1C=C2C[C@H]3CC4(CCCC4)C[C@]34C[C@H]3C[C@@]5(C)[C@H](c6ccoc6C[C@@H]([C@H]6CC[C@@H]7[C@H](C=CN8CNC[C@@H]78)C6)[C@H](O)CO)OC(=O)[C@H]6O[C@]65[C@]5([C@H]6CCC[C@H](Cc7ccccc7)C6)[C@H](O)C(=O)[C@@H]6[C@@]1(C)O[C@]21[C@H]4C(=O)OC[C@@]61[C@@H]35)C1CCCCC1. The molecule has 7 aliphatic heterocycles. The van der Waals surface area contributed by atoms with Crippen molar-refractivity contribution < 1.29 is 53.1 Å². The van der Waals surface area contributed by atoms with Crippen LogP contribution in [0.15, 0.2) is 71.0 Å². The van der Waals surface area contributed by atoms with Crippen molar-refractivity contribution in [2.75, 3.05) is 26.4 Å². The van der Waals surface area contributed by atoms with E-state index in [0.717, 1.165) is 115 Å². The summed E-state index contributed by atoms with van der Waals surface area (Å²) >= 11 is 0. The summed E-state index contributed by atoms with van der Waals surface area (Å²) in [6.45, 7) is 8.52. The number of cyclic esters (lactones) is 2. The molecule has 9 aliphatic carbocycles. The Kier molecular flexibility index (Phi) is 12.7. The molecule has 2 aromatic rings. The summed E-state index contributed by atoms with van der Waals surface area (Å²) in [4.78, 5) is 51.8. The van der Waals surface area contributed by atoms with E-state index in [4.69, 9.17) is 23.4 Å². The van der Waals surface area contributed by atoms with Gasteiger partial charge < -0.3 is 43.6 Å². The van der Waals surface area contributed by atoms with E-state index in [-0.39, 0.29) is 71.8 Å². The quantitative estimate of drug-likeness (QED) is 0.0897. The highest BCUT2D eigenvalue weighted by Gasteiger charge is 2.99. The number of nitrogens with one attached hydrogen (secondary N) is 1. The number of hydrogen-bond acceptors (Lipinski definition) is 13. The maximum absolute atomic E-state index is 17.5. The predicted molar refractivity (Wildman–Crippen MR) is 326 cm³/mol. The molecule has 4 N–H and O–H groups in total. The van der Waals surface area contributed by atoms with Crippen LogP contribution in [-0.4, -0.2) is 106 Å². The minimum Gasteiger partial charge on any atom is -0.469 e. The number of fused-ring (bicyclic) bond motifs is 5. The van der Waals surface area contributed by atoms with Crippen molar-refractivity contribution in [3.8, 4) is 0 Å². The lowest BCUT2D eigenvalue weighted by Gasteiger charge is -2.72. The Labute approximate surface area is 520 Å². The summed E-state index contributed by atoms with van der Waals surface area (Å²) in [5, 5.41) is 41.4. The van der Waals surface area contributed by atoms with E-state index in [9.17, 15) is 15.3 Å². The molecule has 88 heavy (non-hydrogen) atoms. The lowest BCUT2D eigenvalue weighted by atomic mass is 9.29. The first-order chi connectivity index (χ1) is 42.6. The standard InChI is InChI=1S/C75H98N2O11/c1-42(45-16-8-5-9-17-45)27-50-31-51-32-52-36-70(23-10-11-24-70)39-71(52)35-48-34-68(2)64(54-22-26-84-58(54)33-55(57(79)38-78)46-19-20-53-47(30-46)21-25-77-41-76-37-56(53)77)86-67(83)65-75(68,87-65)73(49-18-12-15-44(29-49)28-43-13-6-4-7-14-43)60(48)72-40-85-66(82)62(71)74(51,72)88-69(50,3)61(72)59(80)63(73)81/h4,6-7,13-14,21-22,25-26,31,42,44-50,52-53,55-57,60-65,76,78-79,81H,5,8-12,15-20,23-24,27-30,32-41H2,1-3H3/t42-,44-,46+,47-,48-,49+,50+,52+,53-,55+,56+,57-,60-,61-,62+,63-,64+,65-,68+,69+,71-,72-,73+,74+,75-/m1/s1. The van der Waals surface area contributed by atoms with Gasteiger partial charge in [-0.2, -0.15) is 0 Å². The third-order valence-electron chi connectivity index (χ3n) is 30.5. The van der Waals surface area contributed by atoms with Gasteiger partial charge in [-0.1, -0.05) is 114 Å². The highest BCUT2D eigenvalue weighted by atomic mass is 16.7. The van der Waals surface area contributed by atoms with E-state index in [1.165, 1.54) is 56.1 Å². The summed E-state index contributed by atoms with van der Waals surface area (Å²) in [6, 6.07) is 13.2. The van der Waals surface area contributed by atoms with Gasteiger partial charge in [0.2, 0.25) is 0 Å². The Hall–Kier alpha value is -3.85. The molecule has 5 bridgehead atoms. The molecule has 13 heteroatoms. The van der Waals surface area contributed by atoms with E-state index in [1.54, 1.807) is 6.26 Å². The molecule has 1 aromatic carbocycles. The average molecular weight is 1200 g/mol. The van der Waals surface area contributed by atoms with Crippen LogP contribution in [0.25, 0.3) is 0 Å². The van der Waals surface area contributed by atoms with Gasteiger partial charge in [-0.05, 0) is 196 Å². The molecule has 5 spiro atoms. The Morgan fingerprint density at radius 1 is 0.852 bits per heavy atom. The number of rotatable bonds is 12. The van der Waals surface area contributed by atoms with Crippen LogP contribution >= 0.6 is 0 Å². The summed E-state index contributed by atoms with van der Waals surface area (Å²) in [5.41, 5.74) is -3.97.